The van der Waals surface area contributed by atoms with Crippen LogP contribution in [0, 0.1) is 50.2 Å². The first-order valence-corrected chi connectivity index (χ1v) is 13.9. The van der Waals surface area contributed by atoms with Crippen LogP contribution in [-0.4, -0.2) is 0 Å². The predicted molar refractivity (Wildman–Crippen MR) is 134 cm³/mol. The van der Waals surface area contributed by atoms with Crippen molar-refractivity contribution in [2.24, 2.45) is 50.2 Å². The third kappa shape index (κ3) is 2.45. The van der Waals surface area contributed by atoms with Crippen LogP contribution in [0.25, 0.3) is 0 Å². The number of allylic oxidation sites excluding steroid dienone is 2. The average Bonchev–Trinajstić information content (AvgIpc) is 3.02. The van der Waals surface area contributed by atoms with Crippen molar-refractivity contribution in [3.63, 3.8) is 0 Å². The molecule has 0 aromatic rings. The van der Waals surface area contributed by atoms with Crippen molar-refractivity contribution in [1.82, 2.24) is 0 Å². The van der Waals surface area contributed by atoms with E-state index in [0.29, 0.717) is 32.5 Å². The van der Waals surface area contributed by atoms with Gasteiger partial charge in [-0.25, -0.2) is 0 Å². The van der Waals surface area contributed by atoms with Gasteiger partial charge in [0, 0.05) is 0 Å². The van der Waals surface area contributed by atoms with Crippen LogP contribution in [0.15, 0.2) is 11.1 Å². The molecule has 31 heavy (non-hydrogen) atoms. The fourth-order valence-corrected chi connectivity index (χ4v) is 12.1. The summed E-state index contributed by atoms with van der Waals surface area (Å²) < 4.78 is 0. The summed E-state index contributed by atoms with van der Waals surface area (Å²) in [6.45, 7) is 23.9. The maximum absolute atomic E-state index is 2.80. The summed E-state index contributed by atoms with van der Waals surface area (Å²) in [6.07, 6.45) is 16.1. The molecule has 8 atom stereocenters. The molecule has 0 heteroatoms. The lowest BCUT2D eigenvalue weighted by Crippen LogP contribution is -2.69. The molecule has 0 amide bonds. The smallest absolute Gasteiger partial charge is 0.0141 e. The van der Waals surface area contributed by atoms with E-state index in [1.165, 1.54) is 70.6 Å². The van der Waals surface area contributed by atoms with E-state index in [0.717, 1.165) is 17.8 Å². The molecule has 0 N–H and O–H groups in total. The largest absolute Gasteiger partial charge is 0.0769 e. The van der Waals surface area contributed by atoms with Crippen LogP contribution in [0.5, 0.6) is 0 Å². The zero-order valence-electron chi connectivity index (χ0n) is 22.5. The predicted octanol–water partition coefficient (Wildman–Crippen LogP) is 9.59. The SMILES string of the molecule is CC(C)=C1CCC2(C)C1CCC1(C)C3(C)CCC4C(C)(C)CCCC4(C)C3CCC21C. The number of hydrogen-bond acceptors (Lipinski definition) is 0. The summed E-state index contributed by atoms with van der Waals surface area (Å²) in [5.74, 6) is 2.73. The van der Waals surface area contributed by atoms with Crippen LogP contribution in [0.3, 0.4) is 0 Å². The third-order valence-corrected chi connectivity index (χ3v) is 14.1. The van der Waals surface area contributed by atoms with Crippen LogP contribution in [0.1, 0.15) is 133 Å². The van der Waals surface area contributed by atoms with Gasteiger partial charge in [-0.05, 0) is 128 Å². The first kappa shape index (κ1) is 22.5. The first-order chi connectivity index (χ1) is 14.3. The molecule has 0 radical (unpaired) electrons. The van der Waals surface area contributed by atoms with Crippen molar-refractivity contribution < 1.29 is 0 Å². The Bertz CT molecular complexity index is 797. The van der Waals surface area contributed by atoms with Crippen LogP contribution in [0.2, 0.25) is 0 Å². The van der Waals surface area contributed by atoms with Crippen LogP contribution in [0.4, 0.5) is 0 Å². The molecule has 0 aliphatic heterocycles. The van der Waals surface area contributed by atoms with Crippen LogP contribution in [-0.2, 0) is 0 Å². The standard InChI is InChI=1S/C31H52/c1-21(2)22-11-17-28(6)23(22)12-19-31(9)29(7)18-13-24-26(3,4)15-10-16-27(24,5)25(29)14-20-30(28,31)8/h23-25H,10-20H2,1-9H3. The van der Waals surface area contributed by atoms with Gasteiger partial charge >= 0.3 is 0 Å². The number of fused-ring (bicyclic) bond motifs is 7. The number of hydrogen-bond donors (Lipinski definition) is 0. The molecular weight excluding hydrogens is 372 g/mol. The van der Waals surface area contributed by atoms with Gasteiger partial charge in [0.15, 0.2) is 0 Å². The van der Waals surface area contributed by atoms with E-state index in [2.05, 4.69) is 62.3 Å². The van der Waals surface area contributed by atoms with Crippen molar-refractivity contribution >= 4 is 0 Å². The summed E-state index contributed by atoms with van der Waals surface area (Å²) >= 11 is 0. The molecule has 5 rings (SSSR count). The van der Waals surface area contributed by atoms with E-state index in [1.54, 1.807) is 5.57 Å². The molecule has 5 aliphatic rings. The minimum absolute atomic E-state index is 0.485. The first-order valence-electron chi connectivity index (χ1n) is 13.9. The molecule has 0 nitrogen and oxygen atoms in total. The third-order valence-electron chi connectivity index (χ3n) is 14.1. The van der Waals surface area contributed by atoms with E-state index in [4.69, 9.17) is 0 Å². The van der Waals surface area contributed by atoms with Crippen molar-refractivity contribution in [3.05, 3.63) is 11.1 Å². The highest BCUT2D eigenvalue weighted by molar-refractivity contribution is 5.30. The topological polar surface area (TPSA) is 0 Å². The van der Waals surface area contributed by atoms with Gasteiger partial charge in [0.05, 0.1) is 0 Å². The molecule has 0 aromatic heterocycles. The fourth-order valence-electron chi connectivity index (χ4n) is 12.1. The summed E-state index contributed by atoms with van der Waals surface area (Å²) in [4.78, 5) is 0. The van der Waals surface area contributed by atoms with E-state index < -0.39 is 0 Å². The van der Waals surface area contributed by atoms with Crippen molar-refractivity contribution in [2.45, 2.75) is 133 Å². The van der Waals surface area contributed by atoms with Crippen molar-refractivity contribution in [1.29, 1.82) is 0 Å². The van der Waals surface area contributed by atoms with Gasteiger partial charge in [-0.15, -0.1) is 0 Å². The molecule has 0 heterocycles. The second kappa shape index (κ2) is 6.44. The minimum Gasteiger partial charge on any atom is -0.0769 e. The van der Waals surface area contributed by atoms with Crippen molar-refractivity contribution in [2.75, 3.05) is 0 Å². The maximum Gasteiger partial charge on any atom is -0.0141 e. The summed E-state index contributed by atoms with van der Waals surface area (Å²) in [5.41, 5.74) is 6.59. The van der Waals surface area contributed by atoms with Gasteiger partial charge in [0.2, 0.25) is 0 Å². The Balaban J connectivity index is 1.59. The van der Waals surface area contributed by atoms with Gasteiger partial charge in [-0.2, -0.15) is 0 Å². The number of rotatable bonds is 0. The molecule has 176 valence electrons. The molecular formula is C31H52. The van der Waals surface area contributed by atoms with Gasteiger partial charge < -0.3 is 0 Å². The molecule has 0 aromatic carbocycles. The second-order valence-electron chi connectivity index (χ2n) is 15.1. The highest BCUT2D eigenvalue weighted by Gasteiger charge is 2.73. The molecule has 5 aliphatic carbocycles. The monoisotopic (exact) mass is 424 g/mol. The Morgan fingerprint density at radius 2 is 1.26 bits per heavy atom. The lowest BCUT2D eigenvalue weighted by atomic mass is 9.28. The van der Waals surface area contributed by atoms with Gasteiger partial charge in [0.1, 0.15) is 0 Å². The molecule has 0 spiro atoms. The van der Waals surface area contributed by atoms with Crippen molar-refractivity contribution in [3.8, 4) is 0 Å². The Labute approximate surface area is 194 Å². The molecule has 0 bridgehead atoms. The van der Waals surface area contributed by atoms with Gasteiger partial charge in [-0.1, -0.05) is 66.0 Å². The molecule has 5 saturated carbocycles. The van der Waals surface area contributed by atoms with Crippen LogP contribution < -0.4 is 0 Å². The fraction of sp³-hybridized carbons (Fsp3) is 0.935. The van der Waals surface area contributed by atoms with E-state index >= 15 is 0 Å². The highest BCUT2D eigenvalue weighted by Crippen LogP contribution is 2.81. The summed E-state index contributed by atoms with van der Waals surface area (Å²) in [7, 11) is 0. The quantitative estimate of drug-likeness (QED) is 0.339. The van der Waals surface area contributed by atoms with Crippen LogP contribution >= 0.6 is 0 Å². The Hall–Kier alpha value is -0.260. The van der Waals surface area contributed by atoms with E-state index in [1.807, 2.05) is 5.57 Å². The van der Waals surface area contributed by atoms with Gasteiger partial charge in [0.25, 0.3) is 0 Å². The normalized spacial score (nSPS) is 55.6. The minimum atomic E-state index is 0.485. The summed E-state index contributed by atoms with van der Waals surface area (Å²) in [5, 5.41) is 0. The van der Waals surface area contributed by atoms with E-state index in [9.17, 15) is 0 Å². The average molecular weight is 425 g/mol. The molecule has 8 unspecified atom stereocenters. The zero-order valence-corrected chi connectivity index (χ0v) is 22.5. The lowest BCUT2D eigenvalue weighted by Gasteiger charge is -2.76. The molecule has 5 fully saturated rings. The lowest BCUT2D eigenvalue weighted by molar-refractivity contribution is -0.275. The Kier molecular flexibility index (Phi) is 4.68. The van der Waals surface area contributed by atoms with Gasteiger partial charge in [-0.3, -0.25) is 0 Å². The Morgan fingerprint density at radius 1 is 0.645 bits per heavy atom. The molecule has 0 saturated heterocycles. The zero-order chi connectivity index (χ0) is 22.7. The summed E-state index contributed by atoms with van der Waals surface area (Å²) in [6, 6.07) is 0. The second-order valence-corrected chi connectivity index (χ2v) is 15.1. The van der Waals surface area contributed by atoms with E-state index in [-0.39, 0.29) is 0 Å². The maximum atomic E-state index is 2.80. The highest BCUT2D eigenvalue weighted by atomic mass is 14.8. The Morgan fingerprint density at radius 3 is 1.94 bits per heavy atom.